The number of hydrogen-bond acceptors (Lipinski definition) is 2. The third-order valence-corrected chi connectivity index (χ3v) is 4.88. The quantitative estimate of drug-likeness (QED) is 0.793. The molecule has 1 heterocycles. The van der Waals surface area contributed by atoms with E-state index in [0.29, 0.717) is 25.7 Å². The molecule has 0 radical (unpaired) electrons. The Labute approximate surface area is 135 Å². The second-order valence-electron chi connectivity index (χ2n) is 6.45. The number of carboxylic acids is 1. The van der Waals surface area contributed by atoms with Crippen molar-refractivity contribution in [1.29, 1.82) is 0 Å². The predicted octanol–water partition coefficient (Wildman–Crippen LogP) is 2.92. The Balaban J connectivity index is 1.66. The number of aliphatic carboxylic acids is 1. The summed E-state index contributed by atoms with van der Waals surface area (Å²) in [7, 11) is 0. The number of hydrogen-bond donors (Lipinski definition) is 3. The van der Waals surface area contributed by atoms with E-state index >= 15 is 0 Å². The molecular weight excluding hydrogens is 292 g/mol. The summed E-state index contributed by atoms with van der Waals surface area (Å²) < 4.78 is 0. The fourth-order valence-corrected chi connectivity index (χ4v) is 3.52. The van der Waals surface area contributed by atoms with Gasteiger partial charge in [0.25, 0.3) is 0 Å². The number of aryl methyl sites for hydroxylation is 2. The largest absolute Gasteiger partial charge is 0.480 e. The van der Waals surface area contributed by atoms with Crippen LogP contribution in [0.15, 0.2) is 24.4 Å². The van der Waals surface area contributed by atoms with Gasteiger partial charge in [-0.25, -0.2) is 4.79 Å². The molecule has 5 nitrogen and oxygen atoms in total. The summed E-state index contributed by atoms with van der Waals surface area (Å²) in [4.78, 5) is 27.0. The molecule has 1 aromatic heterocycles. The Hall–Kier alpha value is -2.30. The molecule has 3 N–H and O–H groups in total. The Kier molecular flexibility index (Phi) is 4.11. The minimum atomic E-state index is -1.05. The Morgan fingerprint density at radius 2 is 2.04 bits per heavy atom. The first-order chi connectivity index (χ1) is 11.0. The molecule has 1 fully saturated rings. The first-order valence-corrected chi connectivity index (χ1v) is 8.12. The molecular formula is C18H22N2O3. The summed E-state index contributed by atoms with van der Waals surface area (Å²) in [5.74, 6) is -1.10. The average molecular weight is 314 g/mol. The van der Waals surface area contributed by atoms with Gasteiger partial charge < -0.3 is 15.4 Å². The highest BCUT2D eigenvalue weighted by molar-refractivity contribution is 5.89. The zero-order chi connectivity index (χ0) is 16.4. The zero-order valence-corrected chi connectivity index (χ0v) is 13.3. The molecule has 0 atom stereocenters. The standard InChI is InChI=1S/C18H22N2O3/c1-12-5-4-6-14-13(11-19-16(12)14)7-8-15(21)20-18(17(22)23)9-2-3-10-18/h4-6,11,19H,2-3,7-10H2,1H3,(H,20,21)(H,22,23). The van der Waals surface area contributed by atoms with Crippen LogP contribution in [0.1, 0.15) is 43.2 Å². The van der Waals surface area contributed by atoms with Gasteiger partial charge in [-0.3, -0.25) is 4.79 Å². The highest BCUT2D eigenvalue weighted by Gasteiger charge is 2.42. The Morgan fingerprint density at radius 3 is 2.74 bits per heavy atom. The summed E-state index contributed by atoms with van der Waals surface area (Å²) in [5, 5.41) is 13.3. The number of nitrogens with one attached hydrogen (secondary N) is 2. The number of fused-ring (bicyclic) bond motifs is 1. The van der Waals surface area contributed by atoms with Crippen molar-refractivity contribution in [1.82, 2.24) is 10.3 Å². The second-order valence-corrected chi connectivity index (χ2v) is 6.45. The van der Waals surface area contributed by atoms with Crippen LogP contribution in [0.5, 0.6) is 0 Å². The van der Waals surface area contributed by atoms with Gasteiger partial charge in [0.15, 0.2) is 0 Å². The van der Waals surface area contributed by atoms with Crippen LogP contribution in [0.3, 0.4) is 0 Å². The van der Waals surface area contributed by atoms with Gasteiger partial charge in [-0.2, -0.15) is 0 Å². The summed E-state index contributed by atoms with van der Waals surface area (Å²) in [5.41, 5.74) is 2.32. The Bertz CT molecular complexity index is 742. The van der Waals surface area contributed by atoms with Gasteiger partial charge in [0, 0.05) is 23.5 Å². The first kappa shape index (κ1) is 15.6. The van der Waals surface area contributed by atoms with Crippen LogP contribution in [0.4, 0.5) is 0 Å². The lowest BCUT2D eigenvalue weighted by molar-refractivity contribution is -0.147. The van der Waals surface area contributed by atoms with E-state index in [9.17, 15) is 14.7 Å². The van der Waals surface area contributed by atoms with E-state index < -0.39 is 11.5 Å². The smallest absolute Gasteiger partial charge is 0.329 e. The molecule has 2 aromatic rings. The third-order valence-electron chi connectivity index (χ3n) is 4.88. The van der Waals surface area contributed by atoms with Crippen molar-refractivity contribution in [3.8, 4) is 0 Å². The van der Waals surface area contributed by atoms with E-state index in [1.807, 2.05) is 31.3 Å². The molecule has 1 amide bonds. The van der Waals surface area contributed by atoms with Gasteiger partial charge in [-0.1, -0.05) is 31.0 Å². The van der Waals surface area contributed by atoms with Crippen LogP contribution in [0, 0.1) is 6.92 Å². The molecule has 23 heavy (non-hydrogen) atoms. The van der Waals surface area contributed by atoms with Gasteiger partial charge in [0.1, 0.15) is 5.54 Å². The lowest BCUT2D eigenvalue weighted by Gasteiger charge is -2.25. The molecule has 0 aliphatic heterocycles. The van der Waals surface area contributed by atoms with E-state index in [0.717, 1.165) is 29.3 Å². The number of para-hydroxylation sites is 1. The normalized spacial score (nSPS) is 16.6. The molecule has 1 aromatic carbocycles. The van der Waals surface area contributed by atoms with Crippen molar-refractivity contribution in [2.24, 2.45) is 0 Å². The zero-order valence-electron chi connectivity index (χ0n) is 13.3. The summed E-state index contributed by atoms with van der Waals surface area (Å²) >= 11 is 0. The lowest BCUT2D eigenvalue weighted by Crippen LogP contribution is -2.52. The molecule has 1 saturated carbocycles. The number of carbonyl (C=O) groups is 2. The van der Waals surface area contributed by atoms with Crippen LogP contribution >= 0.6 is 0 Å². The fraction of sp³-hybridized carbons (Fsp3) is 0.444. The molecule has 3 rings (SSSR count). The summed E-state index contributed by atoms with van der Waals surface area (Å²) in [6.45, 7) is 2.05. The van der Waals surface area contributed by atoms with Crippen molar-refractivity contribution in [2.45, 2.75) is 51.0 Å². The van der Waals surface area contributed by atoms with E-state index in [2.05, 4.69) is 10.3 Å². The van der Waals surface area contributed by atoms with Gasteiger partial charge >= 0.3 is 5.97 Å². The second kappa shape index (κ2) is 6.07. The number of rotatable bonds is 5. The van der Waals surface area contributed by atoms with Crippen molar-refractivity contribution in [3.63, 3.8) is 0 Å². The fourth-order valence-electron chi connectivity index (χ4n) is 3.52. The molecule has 5 heteroatoms. The molecule has 1 aliphatic rings. The molecule has 0 bridgehead atoms. The van der Waals surface area contributed by atoms with Gasteiger partial charge in [0.05, 0.1) is 0 Å². The van der Waals surface area contributed by atoms with Crippen LogP contribution in [-0.4, -0.2) is 27.5 Å². The maximum Gasteiger partial charge on any atom is 0.329 e. The highest BCUT2D eigenvalue weighted by atomic mass is 16.4. The van der Waals surface area contributed by atoms with Gasteiger partial charge in [-0.05, 0) is 37.3 Å². The number of carboxylic acid groups (broad SMARTS) is 1. The molecule has 1 aliphatic carbocycles. The van der Waals surface area contributed by atoms with E-state index in [1.165, 1.54) is 5.56 Å². The van der Waals surface area contributed by atoms with Crippen LogP contribution in [0.25, 0.3) is 10.9 Å². The molecule has 0 spiro atoms. The summed E-state index contributed by atoms with van der Waals surface area (Å²) in [6, 6.07) is 6.10. The number of carbonyl (C=O) groups excluding carboxylic acids is 1. The van der Waals surface area contributed by atoms with Crippen molar-refractivity contribution >= 4 is 22.8 Å². The molecule has 122 valence electrons. The average Bonchev–Trinajstić information content (AvgIpc) is 3.14. The maximum atomic E-state index is 12.2. The molecule has 0 unspecified atom stereocenters. The predicted molar refractivity (Wildman–Crippen MR) is 88.3 cm³/mol. The maximum absolute atomic E-state index is 12.2. The van der Waals surface area contributed by atoms with Crippen LogP contribution in [-0.2, 0) is 16.0 Å². The van der Waals surface area contributed by atoms with Crippen molar-refractivity contribution in [2.75, 3.05) is 0 Å². The number of amides is 1. The van der Waals surface area contributed by atoms with E-state index in [1.54, 1.807) is 0 Å². The number of H-pyrrole nitrogens is 1. The lowest BCUT2D eigenvalue weighted by atomic mass is 9.97. The number of aromatic amines is 1. The van der Waals surface area contributed by atoms with Gasteiger partial charge in [-0.15, -0.1) is 0 Å². The number of benzene rings is 1. The molecule has 0 saturated heterocycles. The van der Waals surface area contributed by atoms with Crippen molar-refractivity contribution < 1.29 is 14.7 Å². The van der Waals surface area contributed by atoms with Crippen LogP contribution < -0.4 is 5.32 Å². The third kappa shape index (κ3) is 2.96. The topological polar surface area (TPSA) is 82.2 Å². The highest BCUT2D eigenvalue weighted by Crippen LogP contribution is 2.30. The first-order valence-electron chi connectivity index (χ1n) is 8.12. The SMILES string of the molecule is Cc1cccc2c(CCC(=O)NC3(C(=O)O)CCCC3)c[nH]c12. The summed E-state index contributed by atoms with van der Waals surface area (Å²) in [6.07, 6.45) is 5.61. The van der Waals surface area contributed by atoms with Crippen molar-refractivity contribution in [3.05, 3.63) is 35.5 Å². The monoisotopic (exact) mass is 314 g/mol. The minimum Gasteiger partial charge on any atom is -0.480 e. The number of aromatic nitrogens is 1. The Morgan fingerprint density at radius 1 is 1.30 bits per heavy atom. The minimum absolute atomic E-state index is 0.184. The van der Waals surface area contributed by atoms with E-state index in [4.69, 9.17) is 0 Å². The van der Waals surface area contributed by atoms with E-state index in [-0.39, 0.29) is 5.91 Å². The van der Waals surface area contributed by atoms with Gasteiger partial charge in [0.2, 0.25) is 5.91 Å². The van der Waals surface area contributed by atoms with Crippen LogP contribution in [0.2, 0.25) is 0 Å².